The summed E-state index contributed by atoms with van der Waals surface area (Å²) in [6.07, 6.45) is 0. The first-order valence-electron chi connectivity index (χ1n) is 3.70. The summed E-state index contributed by atoms with van der Waals surface area (Å²) >= 11 is 0. The van der Waals surface area contributed by atoms with Crippen LogP contribution in [0.1, 0.15) is 0 Å². The first-order chi connectivity index (χ1) is 6.47. The number of hydrogen-bond acceptors (Lipinski definition) is 8. The number of hydrogen-bond donors (Lipinski definition) is 4. The van der Waals surface area contributed by atoms with Gasteiger partial charge in [0, 0.05) is 26.2 Å². The monoisotopic (exact) mass is 264 g/mol. The first kappa shape index (κ1) is 23.8. The van der Waals surface area contributed by atoms with Gasteiger partial charge in [-0.2, -0.15) is 0 Å². The summed E-state index contributed by atoms with van der Waals surface area (Å²) in [5.74, 6) is -4.37. The van der Waals surface area contributed by atoms with E-state index in [1.165, 1.54) is 0 Å². The number of carboxylic acid groups (broad SMARTS) is 2. The molecule has 0 amide bonds. The van der Waals surface area contributed by atoms with Crippen LogP contribution in [0.2, 0.25) is 0 Å². The predicted molar refractivity (Wildman–Crippen MR) is 46.2 cm³/mol. The van der Waals surface area contributed by atoms with E-state index in [2.05, 4.69) is 0 Å². The average Bonchev–Trinajstić information content (AvgIpc) is 2.18. The molecule has 0 aliphatic rings. The number of carbonyl (C=O) groups is 2. The van der Waals surface area contributed by atoms with Gasteiger partial charge in [-0.25, -0.2) is 0 Å². The van der Waals surface area contributed by atoms with Crippen LogP contribution in [-0.2, 0) is 26.7 Å². The van der Waals surface area contributed by atoms with Crippen molar-refractivity contribution in [2.75, 3.05) is 26.2 Å². The third-order valence-corrected chi connectivity index (χ3v) is 0.500. The van der Waals surface area contributed by atoms with Crippen molar-refractivity contribution in [3.63, 3.8) is 0 Å². The van der Waals surface area contributed by atoms with Crippen LogP contribution in [0.3, 0.4) is 0 Å². The SMILES string of the molecule is NCCN.NCCN.O=C([O-])C(=O)[O-].[Fe+2]. The minimum atomic E-state index is -2.19. The maximum Gasteiger partial charge on any atom is 2.00 e. The summed E-state index contributed by atoms with van der Waals surface area (Å²) in [5.41, 5.74) is 19.6. The summed E-state index contributed by atoms with van der Waals surface area (Å²) in [5, 5.41) is 17.9. The van der Waals surface area contributed by atoms with E-state index in [0.717, 1.165) is 0 Å². The average molecular weight is 264 g/mol. The molecular formula is C6H16FeN4O4. The molecule has 92 valence electrons. The second kappa shape index (κ2) is 23.3. The van der Waals surface area contributed by atoms with Crippen LogP contribution in [-0.4, -0.2) is 38.1 Å². The molecule has 0 saturated carbocycles. The van der Waals surface area contributed by atoms with Gasteiger partial charge in [0.05, 0.1) is 11.9 Å². The number of aliphatic carboxylic acids is 2. The van der Waals surface area contributed by atoms with Crippen LogP contribution in [0, 0.1) is 0 Å². The van der Waals surface area contributed by atoms with Gasteiger partial charge >= 0.3 is 17.1 Å². The van der Waals surface area contributed by atoms with E-state index >= 15 is 0 Å². The minimum Gasteiger partial charge on any atom is -0.543 e. The fourth-order valence-corrected chi connectivity index (χ4v) is 0. The van der Waals surface area contributed by atoms with Crippen molar-refractivity contribution in [3.05, 3.63) is 0 Å². The molecule has 0 aromatic heterocycles. The zero-order valence-corrected chi connectivity index (χ0v) is 9.23. The zero-order chi connectivity index (χ0) is 12.0. The summed E-state index contributed by atoms with van der Waals surface area (Å²) in [7, 11) is 0. The molecule has 0 fully saturated rings. The molecule has 8 nitrogen and oxygen atoms in total. The molecule has 0 heterocycles. The molecule has 0 aliphatic carbocycles. The normalized spacial score (nSPS) is 6.93. The molecule has 0 rings (SSSR count). The predicted octanol–water partition coefficient (Wildman–Crippen LogP) is -5.71. The van der Waals surface area contributed by atoms with E-state index in [1.54, 1.807) is 0 Å². The Morgan fingerprint density at radius 3 is 0.867 bits per heavy atom. The van der Waals surface area contributed by atoms with Gasteiger partial charge in [-0.1, -0.05) is 0 Å². The van der Waals surface area contributed by atoms with E-state index in [0.29, 0.717) is 26.2 Å². The number of carboxylic acids is 2. The van der Waals surface area contributed by atoms with Crippen molar-refractivity contribution in [2.24, 2.45) is 22.9 Å². The Balaban J connectivity index is -0.0000000606. The van der Waals surface area contributed by atoms with Crippen molar-refractivity contribution in [2.45, 2.75) is 0 Å². The van der Waals surface area contributed by atoms with Gasteiger partial charge in [-0.05, 0) is 0 Å². The second-order valence-corrected chi connectivity index (χ2v) is 1.73. The summed E-state index contributed by atoms with van der Waals surface area (Å²) < 4.78 is 0. The first-order valence-corrected chi connectivity index (χ1v) is 3.70. The van der Waals surface area contributed by atoms with Crippen molar-refractivity contribution in [1.29, 1.82) is 0 Å². The maximum atomic E-state index is 8.93. The second-order valence-electron chi connectivity index (χ2n) is 1.73. The van der Waals surface area contributed by atoms with Gasteiger partial charge in [-0.15, -0.1) is 0 Å². The Bertz CT molecular complexity index is 127. The van der Waals surface area contributed by atoms with Crippen LogP contribution in [0.4, 0.5) is 0 Å². The van der Waals surface area contributed by atoms with Crippen LogP contribution in [0.15, 0.2) is 0 Å². The molecule has 8 N–H and O–H groups in total. The van der Waals surface area contributed by atoms with Crippen molar-refractivity contribution < 1.29 is 36.9 Å². The maximum absolute atomic E-state index is 8.93. The van der Waals surface area contributed by atoms with Crippen molar-refractivity contribution >= 4 is 11.9 Å². The Morgan fingerprint density at radius 2 is 0.867 bits per heavy atom. The number of nitrogens with two attached hydrogens (primary N) is 4. The molecule has 9 heteroatoms. The van der Waals surface area contributed by atoms with Gasteiger partial charge in [-0.3, -0.25) is 0 Å². The Hall–Kier alpha value is -0.701. The third-order valence-electron chi connectivity index (χ3n) is 0.500. The molecule has 0 unspecified atom stereocenters. The Labute approximate surface area is 98.4 Å². The summed E-state index contributed by atoms with van der Waals surface area (Å²) in [6.45, 7) is 2.39. The number of carbonyl (C=O) groups excluding carboxylic acids is 2. The fraction of sp³-hybridized carbons (Fsp3) is 0.667. The van der Waals surface area contributed by atoms with Gasteiger partial charge in [0.2, 0.25) is 0 Å². The van der Waals surface area contributed by atoms with E-state index < -0.39 is 11.9 Å². The third kappa shape index (κ3) is 60.5. The standard InChI is InChI=1S/2C2H8N2.C2H2O4.Fe/c2*3-1-2-4;3-1(4)2(5)6;/h2*1-4H2;(H,3,4)(H,5,6);/q;;;+2/p-2. The fourth-order valence-electron chi connectivity index (χ4n) is 0. The smallest absolute Gasteiger partial charge is 0.543 e. The molecule has 0 aromatic rings. The van der Waals surface area contributed by atoms with E-state index in [1.807, 2.05) is 0 Å². The topological polar surface area (TPSA) is 184 Å². The largest absolute Gasteiger partial charge is 2.00 e. The van der Waals surface area contributed by atoms with Crippen molar-refractivity contribution in [1.82, 2.24) is 0 Å². The molecule has 15 heavy (non-hydrogen) atoms. The van der Waals surface area contributed by atoms with Gasteiger partial charge in [0.1, 0.15) is 0 Å². The van der Waals surface area contributed by atoms with E-state index in [9.17, 15) is 0 Å². The van der Waals surface area contributed by atoms with Crippen molar-refractivity contribution in [3.8, 4) is 0 Å². The van der Waals surface area contributed by atoms with Gasteiger partial charge < -0.3 is 42.7 Å². The quantitative estimate of drug-likeness (QED) is 0.280. The van der Waals surface area contributed by atoms with E-state index in [-0.39, 0.29) is 17.1 Å². The molecule has 0 saturated heterocycles. The molecular weight excluding hydrogens is 248 g/mol. The van der Waals surface area contributed by atoms with Crippen LogP contribution in [0.25, 0.3) is 0 Å². The van der Waals surface area contributed by atoms with Gasteiger partial charge in [0.15, 0.2) is 0 Å². The molecule has 0 atom stereocenters. The van der Waals surface area contributed by atoms with Gasteiger partial charge in [0.25, 0.3) is 0 Å². The van der Waals surface area contributed by atoms with E-state index in [4.69, 9.17) is 42.7 Å². The minimum absolute atomic E-state index is 0. The molecule has 0 spiro atoms. The van der Waals surface area contributed by atoms with Crippen LogP contribution >= 0.6 is 0 Å². The zero-order valence-electron chi connectivity index (χ0n) is 8.12. The molecule has 0 bridgehead atoms. The van der Waals surface area contributed by atoms with Crippen LogP contribution < -0.4 is 33.1 Å². The molecule has 0 aromatic carbocycles. The number of rotatable bonds is 2. The molecule has 0 aliphatic heterocycles. The van der Waals surface area contributed by atoms with Crippen LogP contribution in [0.5, 0.6) is 0 Å². The Morgan fingerprint density at radius 1 is 0.733 bits per heavy atom. The summed E-state index contributed by atoms with van der Waals surface area (Å²) in [4.78, 5) is 17.9. The molecule has 0 radical (unpaired) electrons. The Kier molecular flexibility index (Phi) is 37.0. The summed E-state index contributed by atoms with van der Waals surface area (Å²) in [6, 6.07) is 0.